The zero-order valence-electron chi connectivity index (χ0n) is 8.56. The first-order chi connectivity index (χ1) is 7.29. The highest BCUT2D eigenvalue weighted by Gasteiger charge is 2.23. The van der Waals surface area contributed by atoms with E-state index in [1.807, 2.05) is 6.07 Å². The van der Waals surface area contributed by atoms with E-state index >= 15 is 0 Å². The van der Waals surface area contributed by atoms with Gasteiger partial charge in [-0.1, -0.05) is 0 Å². The number of likely N-dealkylation sites (tertiary alicyclic amines) is 1. The van der Waals surface area contributed by atoms with Crippen molar-refractivity contribution in [1.82, 2.24) is 14.9 Å². The second kappa shape index (κ2) is 4.88. The zero-order valence-corrected chi connectivity index (χ0v) is 9.32. The van der Waals surface area contributed by atoms with Gasteiger partial charge in [0.05, 0.1) is 5.69 Å². The van der Waals surface area contributed by atoms with Crippen molar-refractivity contribution in [3.05, 3.63) is 23.2 Å². The van der Waals surface area contributed by atoms with Crippen LogP contribution in [0.3, 0.4) is 0 Å². The van der Waals surface area contributed by atoms with Gasteiger partial charge in [-0.15, -0.1) is 0 Å². The fourth-order valence-electron chi connectivity index (χ4n) is 2.04. The summed E-state index contributed by atoms with van der Waals surface area (Å²) in [4.78, 5) is 10.4. The summed E-state index contributed by atoms with van der Waals surface area (Å²) in [6.07, 6.45) is 4.11. The molecule has 0 aromatic carbocycles. The van der Waals surface area contributed by atoms with E-state index in [-0.39, 0.29) is 0 Å². The molecule has 2 N–H and O–H groups in total. The van der Waals surface area contributed by atoms with Crippen LogP contribution in [-0.4, -0.2) is 34.0 Å². The molecule has 15 heavy (non-hydrogen) atoms. The fourth-order valence-corrected chi connectivity index (χ4v) is 2.20. The van der Waals surface area contributed by atoms with Gasteiger partial charge in [0, 0.05) is 25.3 Å². The van der Waals surface area contributed by atoms with Gasteiger partial charge >= 0.3 is 0 Å². The summed E-state index contributed by atoms with van der Waals surface area (Å²) in [5, 5.41) is 0.316. The van der Waals surface area contributed by atoms with E-state index in [0.29, 0.717) is 11.3 Å². The number of halogens is 1. The molecule has 1 aliphatic rings. The van der Waals surface area contributed by atoms with E-state index in [0.717, 1.165) is 25.3 Å². The molecule has 1 aliphatic heterocycles. The van der Waals surface area contributed by atoms with E-state index in [9.17, 15) is 0 Å². The highest BCUT2D eigenvalue weighted by Crippen LogP contribution is 2.18. The Morgan fingerprint density at radius 1 is 1.60 bits per heavy atom. The molecule has 0 saturated carbocycles. The topological polar surface area (TPSA) is 55.0 Å². The molecule has 1 unspecified atom stereocenters. The van der Waals surface area contributed by atoms with Crippen LogP contribution in [0.5, 0.6) is 0 Å². The van der Waals surface area contributed by atoms with E-state index in [4.69, 9.17) is 17.3 Å². The number of nitrogens with two attached hydrogens (primary N) is 1. The Kier molecular flexibility index (Phi) is 3.51. The monoisotopic (exact) mass is 226 g/mol. The third-order valence-corrected chi connectivity index (χ3v) is 3.00. The standard InChI is InChI=1S/C10H15ClN4/c11-10-13-4-3-8(14-10)7-15-5-1-2-9(15)6-12/h3-4,9H,1-2,5-7,12H2. The molecule has 1 atom stereocenters. The molecule has 1 aromatic heterocycles. The first-order valence-electron chi connectivity index (χ1n) is 5.21. The smallest absolute Gasteiger partial charge is 0.222 e. The zero-order chi connectivity index (χ0) is 10.7. The van der Waals surface area contributed by atoms with Gasteiger partial charge in [0.1, 0.15) is 0 Å². The van der Waals surface area contributed by atoms with Crippen LogP contribution in [0.4, 0.5) is 0 Å². The summed E-state index contributed by atoms with van der Waals surface area (Å²) in [7, 11) is 0. The van der Waals surface area contributed by atoms with E-state index < -0.39 is 0 Å². The molecule has 2 heterocycles. The van der Waals surface area contributed by atoms with Crippen molar-refractivity contribution in [1.29, 1.82) is 0 Å². The Balaban J connectivity index is 2.02. The molecule has 5 heteroatoms. The van der Waals surface area contributed by atoms with Crippen LogP contribution >= 0.6 is 11.6 Å². The Morgan fingerprint density at radius 2 is 2.47 bits per heavy atom. The summed E-state index contributed by atoms with van der Waals surface area (Å²) in [6, 6.07) is 2.40. The molecule has 82 valence electrons. The lowest BCUT2D eigenvalue weighted by atomic mass is 10.2. The SMILES string of the molecule is NCC1CCCN1Cc1ccnc(Cl)n1. The number of hydrogen-bond acceptors (Lipinski definition) is 4. The van der Waals surface area contributed by atoms with Crippen molar-refractivity contribution in [2.24, 2.45) is 5.73 Å². The maximum absolute atomic E-state index is 5.74. The first-order valence-corrected chi connectivity index (χ1v) is 5.59. The van der Waals surface area contributed by atoms with E-state index in [1.54, 1.807) is 6.20 Å². The molecule has 0 radical (unpaired) electrons. The Morgan fingerprint density at radius 3 is 3.20 bits per heavy atom. The Hall–Kier alpha value is -0.710. The van der Waals surface area contributed by atoms with Gasteiger partial charge < -0.3 is 5.73 Å². The lowest BCUT2D eigenvalue weighted by Crippen LogP contribution is -2.35. The van der Waals surface area contributed by atoms with Crippen LogP contribution < -0.4 is 5.73 Å². The van der Waals surface area contributed by atoms with Gasteiger partial charge in [-0.2, -0.15) is 0 Å². The van der Waals surface area contributed by atoms with Crippen LogP contribution in [-0.2, 0) is 6.54 Å². The minimum Gasteiger partial charge on any atom is -0.329 e. The second-order valence-electron chi connectivity index (χ2n) is 3.82. The Labute approximate surface area is 94.5 Å². The fraction of sp³-hybridized carbons (Fsp3) is 0.600. The van der Waals surface area contributed by atoms with Crippen molar-refractivity contribution < 1.29 is 0 Å². The number of hydrogen-bond donors (Lipinski definition) is 1. The average molecular weight is 227 g/mol. The van der Waals surface area contributed by atoms with E-state index in [1.165, 1.54) is 12.8 Å². The summed E-state index contributed by atoms with van der Waals surface area (Å²) >= 11 is 5.74. The summed E-state index contributed by atoms with van der Waals surface area (Å²) in [5.41, 5.74) is 6.68. The minimum atomic E-state index is 0.316. The molecule has 1 fully saturated rings. The Bertz CT molecular complexity index is 331. The third-order valence-electron chi connectivity index (χ3n) is 2.82. The molecule has 0 spiro atoms. The van der Waals surface area contributed by atoms with Crippen molar-refractivity contribution in [3.8, 4) is 0 Å². The molecule has 2 rings (SSSR count). The highest BCUT2D eigenvalue weighted by atomic mass is 35.5. The molecule has 4 nitrogen and oxygen atoms in total. The maximum Gasteiger partial charge on any atom is 0.222 e. The molecule has 0 amide bonds. The quantitative estimate of drug-likeness (QED) is 0.783. The van der Waals surface area contributed by atoms with Crippen molar-refractivity contribution in [2.45, 2.75) is 25.4 Å². The van der Waals surface area contributed by atoms with E-state index in [2.05, 4.69) is 14.9 Å². The van der Waals surface area contributed by atoms with Crippen LogP contribution in [0.1, 0.15) is 18.5 Å². The number of aromatic nitrogens is 2. The second-order valence-corrected chi connectivity index (χ2v) is 4.16. The van der Waals surface area contributed by atoms with Crippen molar-refractivity contribution in [2.75, 3.05) is 13.1 Å². The predicted molar refractivity (Wildman–Crippen MR) is 59.5 cm³/mol. The van der Waals surface area contributed by atoms with Crippen LogP contribution in [0.15, 0.2) is 12.3 Å². The van der Waals surface area contributed by atoms with Gasteiger partial charge in [0.2, 0.25) is 5.28 Å². The molecular formula is C10H15ClN4. The largest absolute Gasteiger partial charge is 0.329 e. The number of rotatable bonds is 3. The third kappa shape index (κ3) is 2.65. The molecule has 1 aromatic rings. The molecular weight excluding hydrogens is 212 g/mol. The van der Waals surface area contributed by atoms with Crippen molar-refractivity contribution in [3.63, 3.8) is 0 Å². The summed E-state index contributed by atoms with van der Waals surface area (Å²) in [6.45, 7) is 2.65. The van der Waals surface area contributed by atoms with Crippen molar-refractivity contribution >= 4 is 11.6 Å². The molecule has 1 saturated heterocycles. The lowest BCUT2D eigenvalue weighted by Gasteiger charge is -2.22. The number of nitrogens with zero attached hydrogens (tertiary/aromatic N) is 3. The first kappa shape index (κ1) is 10.8. The van der Waals surface area contributed by atoms with Crippen LogP contribution in [0.25, 0.3) is 0 Å². The van der Waals surface area contributed by atoms with Crippen LogP contribution in [0.2, 0.25) is 5.28 Å². The molecule has 0 aliphatic carbocycles. The summed E-state index contributed by atoms with van der Waals surface area (Å²) < 4.78 is 0. The highest BCUT2D eigenvalue weighted by molar-refractivity contribution is 6.28. The van der Waals surface area contributed by atoms with Crippen LogP contribution in [0, 0.1) is 0 Å². The minimum absolute atomic E-state index is 0.316. The van der Waals surface area contributed by atoms with Gasteiger partial charge in [0.15, 0.2) is 0 Å². The summed E-state index contributed by atoms with van der Waals surface area (Å²) in [5.74, 6) is 0. The van der Waals surface area contributed by atoms with Gasteiger partial charge in [-0.05, 0) is 37.1 Å². The van der Waals surface area contributed by atoms with Gasteiger partial charge in [-0.3, -0.25) is 4.90 Å². The lowest BCUT2D eigenvalue weighted by molar-refractivity contribution is 0.247. The normalized spacial score (nSPS) is 22.1. The van der Waals surface area contributed by atoms with Gasteiger partial charge in [0.25, 0.3) is 0 Å². The average Bonchev–Trinajstić information content (AvgIpc) is 2.65. The predicted octanol–water partition coefficient (Wildman–Crippen LogP) is 1.05. The maximum atomic E-state index is 5.74. The molecule has 0 bridgehead atoms. The van der Waals surface area contributed by atoms with Gasteiger partial charge in [-0.25, -0.2) is 9.97 Å².